The Balaban J connectivity index is 0.00000204. The number of aliphatic imine (C=N–C) groups is 1. The van der Waals surface area contributed by atoms with Crippen molar-refractivity contribution in [3.8, 4) is 11.5 Å². The van der Waals surface area contributed by atoms with Crippen LogP contribution in [0.25, 0.3) is 0 Å². The van der Waals surface area contributed by atoms with Crippen molar-refractivity contribution < 1.29 is 24.9 Å². The van der Waals surface area contributed by atoms with Crippen LogP contribution in [-0.2, 0) is 23.1 Å². The molecule has 3 N–H and O–H groups in total. The molecule has 0 aliphatic carbocycles. The molecule has 0 saturated carbocycles. The van der Waals surface area contributed by atoms with Crippen LogP contribution in [0.3, 0.4) is 0 Å². The predicted octanol–water partition coefficient (Wildman–Crippen LogP) is 4.93. The number of rotatable bonds is 5. The maximum Gasteiger partial charge on any atom is 0.313 e. The molecule has 4 rings (SSSR count). The number of fused-ring (bicyclic) bond motifs is 3. The Hall–Kier alpha value is -2.57. The number of hydrogen-bond donors (Lipinski definition) is 1. The second-order valence-electron chi connectivity index (χ2n) is 10.6. The number of benzene rings is 2. The first-order chi connectivity index (χ1) is 14.8. The fourth-order valence-electron chi connectivity index (χ4n) is 4.71. The molecule has 0 fully saturated rings. The number of ether oxygens (including phenoxy) is 2. The highest BCUT2D eigenvalue weighted by Crippen LogP contribution is 2.48. The molecule has 0 atom stereocenters. The first-order valence-electron chi connectivity index (χ1n) is 11.3. The number of halogens is 1. The fraction of sp³-hybridized carbons (Fsp3) is 0.481. The van der Waals surface area contributed by atoms with E-state index in [0.29, 0.717) is 6.61 Å². The number of carboxylic acids is 1. The molecule has 7 heteroatoms. The van der Waals surface area contributed by atoms with Crippen molar-refractivity contribution in [3.63, 3.8) is 0 Å². The molecule has 2 aromatic rings. The number of hydrogen-bond acceptors (Lipinski definition) is 4. The summed E-state index contributed by atoms with van der Waals surface area (Å²) in [6.45, 7) is 14.5. The molecule has 0 aromatic heterocycles. The normalized spacial score (nSPS) is 17.2. The van der Waals surface area contributed by atoms with Crippen LogP contribution in [0.1, 0.15) is 76.3 Å². The Morgan fingerprint density at radius 3 is 2.32 bits per heavy atom. The third-order valence-electron chi connectivity index (χ3n) is 6.40. The Labute approximate surface area is 208 Å². The van der Waals surface area contributed by atoms with Crippen molar-refractivity contribution in [1.82, 2.24) is 0 Å². The third kappa shape index (κ3) is 4.80. The van der Waals surface area contributed by atoms with E-state index in [-0.39, 0.29) is 29.0 Å². The second-order valence-corrected chi connectivity index (χ2v) is 10.6. The van der Waals surface area contributed by atoms with Gasteiger partial charge in [0.25, 0.3) is 0 Å². The van der Waals surface area contributed by atoms with Gasteiger partial charge in [-0.2, -0.15) is 0 Å². The lowest BCUT2D eigenvalue weighted by molar-refractivity contribution is -0.142. The van der Waals surface area contributed by atoms with E-state index in [2.05, 4.69) is 33.8 Å². The summed E-state index contributed by atoms with van der Waals surface area (Å²) in [7, 11) is 0. The lowest BCUT2D eigenvalue weighted by Crippen LogP contribution is -2.31. The molecule has 34 heavy (non-hydrogen) atoms. The quantitative estimate of drug-likeness (QED) is 0.643. The molecule has 0 amide bonds. The number of aliphatic carboxylic acids is 1. The van der Waals surface area contributed by atoms with Gasteiger partial charge in [-0.15, -0.1) is 12.4 Å². The van der Waals surface area contributed by atoms with E-state index in [4.69, 9.17) is 14.5 Å². The highest BCUT2D eigenvalue weighted by atomic mass is 35.5. The average Bonchev–Trinajstić information content (AvgIpc) is 3.02. The highest BCUT2D eigenvalue weighted by molar-refractivity contribution is 6.16. The molecule has 186 valence electrons. The third-order valence-corrected chi connectivity index (χ3v) is 6.40. The maximum atomic E-state index is 11.7. The van der Waals surface area contributed by atoms with E-state index in [1.165, 1.54) is 5.56 Å². The smallest absolute Gasteiger partial charge is 0.313 e. The predicted molar refractivity (Wildman–Crippen MR) is 137 cm³/mol. The van der Waals surface area contributed by atoms with Gasteiger partial charge in [0.05, 0.1) is 23.3 Å². The minimum Gasteiger partial charge on any atom is -0.490 e. The van der Waals surface area contributed by atoms with Gasteiger partial charge in [0, 0.05) is 23.1 Å². The standard InChI is InChI=1S/C27H33NO4.ClH.H2O/c1-8-31-20-13-17-14-25(2,3)28-22(21(17)19-15-26(4,5)32-23(19)20)16-9-11-18(12-10-16)27(6,7)24(29)30;;/h9-13H,8,14-15H2,1-7H3,(H,29,30);1H;1H2. The van der Waals surface area contributed by atoms with Crippen LogP contribution in [0.4, 0.5) is 0 Å². The Morgan fingerprint density at radius 2 is 1.76 bits per heavy atom. The van der Waals surface area contributed by atoms with Gasteiger partial charge < -0.3 is 20.1 Å². The van der Waals surface area contributed by atoms with Crippen molar-refractivity contribution in [3.05, 3.63) is 58.1 Å². The number of carbonyl (C=O) groups is 1. The minimum absolute atomic E-state index is 0. The average molecular weight is 490 g/mol. The van der Waals surface area contributed by atoms with E-state index in [0.717, 1.165) is 52.3 Å². The summed E-state index contributed by atoms with van der Waals surface area (Å²) < 4.78 is 12.3. The summed E-state index contributed by atoms with van der Waals surface area (Å²) in [5.41, 5.74) is 4.69. The van der Waals surface area contributed by atoms with E-state index in [9.17, 15) is 9.90 Å². The summed E-state index contributed by atoms with van der Waals surface area (Å²) in [5.74, 6) is 0.793. The van der Waals surface area contributed by atoms with Crippen molar-refractivity contribution in [2.75, 3.05) is 6.61 Å². The molecule has 0 saturated heterocycles. The van der Waals surface area contributed by atoms with Gasteiger partial charge in [-0.1, -0.05) is 24.3 Å². The van der Waals surface area contributed by atoms with Crippen LogP contribution in [0.15, 0.2) is 35.3 Å². The summed E-state index contributed by atoms with van der Waals surface area (Å²) >= 11 is 0. The summed E-state index contributed by atoms with van der Waals surface area (Å²) in [5, 5.41) is 9.59. The molecule has 2 aliphatic heterocycles. The van der Waals surface area contributed by atoms with Gasteiger partial charge in [-0.25, -0.2) is 0 Å². The summed E-state index contributed by atoms with van der Waals surface area (Å²) in [6.07, 6.45) is 1.61. The Kier molecular flexibility index (Phi) is 7.51. The van der Waals surface area contributed by atoms with Crippen molar-refractivity contribution in [2.24, 2.45) is 4.99 Å². The van der Waals surface area contributed by atoms with E-state index >= 15 is 0 Å². The lowest BCUT2D eigenvalue weighted by Gasteiger charge is -2.31. The monoisotopic (exact) mass is 489 g/mol. The van der Waals surface area contributed by atoms with Crippen LogP contribution >= 0.6 is 12.4 Å². The Morgan fingerprint density at radius 1 is 1.15 bits per heavy atom. The first kappa shape index (κ1) is 27.7. The van der Waals surface area contributed by atoms with Gasteiger partial charge in [-0.05, 0) is 72.1 Å². The van der Waals surface area contributed by atoms with E-state index in [1.807, 2.05) is 31.2 Å². The van der Waals surface area contributed by atoms with Crippen LogP contribution in [-0.4, -0.2) is 40.0 Å². The van der Waals surface area contributed by atoms with Gasteiger partial charge >= 0.3 is 5.97 Å². The zero-order valence-corrected chi connectivity index (χ0v) is 21.9. The van der Waals surface area contributed by atoms with Gasteiger partial charge in [0.2, 0.25) is 0 Å². The van der Waals surface area contributed by atoms with Gasteiger partial charge in [-0.3, -0.25) is 9.79 Å². The molecule has 2 heterocycles. The zero-order valence-electron chi connectivity index (χ0n) is 21.0. The van der Waals surface area contributed by atoms with E-state index < -0.39 is 11.4 Å². The molecule has 2 aromatic carbocycles. The summed E-state index contributed by atoms with van der Waals surface area (Å²) in [4.78, 5) is 16.8. The molecule has 0 unspecified atom stereocenters. The first-order valence-corrected chi connectivity index (χ1v) is 11.3. The maximum absolute atomic E-state index is 11.7. The van der Waals surface area contributed by atoms with Crippen LogP contribution in [0.2, 0.25) is 0 Å². The SMILES string of the molecule is CCOc1cc2c(c3c1OC(C)(C)C3)C(c1ccc(C(C)(C)C(=O)O)cc1)=NC(C)(C)C2.Cl.O. The molecule has 0 spiro atoms. The molecular formula is C27H36ClNO5. The highest BCUT2D eigenvalue weighted by Gasteiger charge is 2.40. The van der Waals surface area contributed by atoms with E-state index in [1.54, 1.807) is 13.8 Å². The fourth-order valence-corrected chi connectivity index (χ4v) is 4.71. The van der Waals surface area contributed by atoms with Crippen LogP contribution in [0, 0.1) is 0 Å². The van der Waals surface area contributed by atoms with Gasteiger partial charge in [0.1, 0.15) is 5.60 Å². The minimum atomic E-state index is -0.949. The number of carboxylic acid groups (broad SMARTS) is 1. The molecular weight excluding hydrogens is 454 g/mol. The lowest BCUT2D eigenvalue weighted by atomic mass is 9.80. The van der Waals surface area contributed by atoms with Crippen LogP contribution in [0.5, 0.6) is 11.5 Å². The largest absolute Gasteiger partial charge is 0.490 e. The zero-order chi connectivity index (χ0) is 23.5. The van der Waals surface area contributed by atoms with Gasteiger partial charge in [0.15, 0.2) is 11.5 Å². The molecule has 2 aliphatic rings. The number of nitrogens with zero attached hydrogens (tertiary/aromatic N) is 1. The topological polar surface area (TPSA) is 99.6 Å². The van der Waals surface area contributed by atoms with Crippen molar-refractivity contribution in [2.45, 2.75) is 77.9 Å². The molecule has 6 nitrogen and oxygen atoms in total. The van der Waals surface area contributed by atoms with Crippen molar-refractivity contribution in [1.29, 1.82) is 0 Å². The van der Waals surface area contributed by atoms with Crippen molar-refractivity contribution >= 4 is 24.1 Å². The summed E-state index contributed by atoms with van der Waals surface area (Å²) in [6, 6.07) is 9.92. The Bertz CT molecular complexity index is 1120. The van der Waals surface area contributed by atoms with Crippen LogP contribution < -0.4 is 9.47 Å². The molecule has 0 radical (unpaired) electrons. The molecule has 0 bridgehead atoms. The second kappa shape index (κ2) is 9.23.